The molecule has 0 aromatic rings. The summed E-state index contributed by atoms with van der Waals surface area (Å²) in [5, 5.41) is 11.5. The molecule has 0 aliphatic carbocycles. The van der Waals surface area contributed by atoms with Crippen molar-refractivity contribution in [2.45, 2.75) is 18.9 Å². The van der Waals surface area contributed by atoms with Crippen molar-refractivity contribution >= 4 is 5.97 Å². The van der Waals surface area contributed by atoms with Gasteiger partial charge in [-0.3, -0.25) is 4.79 Å². The highest BCUT2D eigenvalue weighted by atomic mass is 16.5. The van der Waals surface area contributed by atoms with Crippen molar-refractivity contribution < 1.29 is 14.6 Å². The third-order valence-electron chi connectivity index (χ3n) is 1.64. The van der Waals surface area contributed by atoms with Gasteiger partial charge in [0, 0.05) is 6.42 Å². The summed E-state index contributed by atoms with van der Waals surface area (Å²) in [6.07, 6.45) is 0.951. The topological polar surface area (TPSA) is 58.6 Å². The molecule has 1 heterocycles. The zero-order valence-electron chi connectivity index (χ0n) is 6.38. The van der Waals surface area contributed by atoms with Crippen LogP contribution in [-0.4, -0.2) is 36.9 Å². The Morgan fingerprint density at radius 3 is 2.82 bits per heavy atom. The molecule has 4 heteroatoms. The second-order valence-corrected chi connectivity index (χ2v) is 2.69. The minimum Gasteiger partial charge on any atom is -0.481 e. The molecule has 1 saturated heterocycles. The number of carboxylic acid groups (broad SMARTS) is 1. The van der Waals surface area contributed by atoms with Crippen LogP contribution < -0.4 is 5.32 Å². The molecule has 0 aromatic heterocycles. The summed E-state index contributed by atoms with van der Waals surface area (Å²) in [6, 6.07) is 0.462. The van der Waals surface area contributed by atoms with Crippen molar-refractivity contribution in [3.8, 4) is 0 Å². The summed E-state index contributed by atoms with van der Waals surface area (Å²) in [5.74, 6) is -0.725. The van der Waals surface area contributed by atoms with Crippen LogP contribution in [0.25, 0.3) is 0 Å². The molecule has 64 valence electrons. The molecule has 1 fully saturated rings. The van der Waals surface area contributed by atoms with Crippen LogP contribution in [0.1, 0.15) is 12.8 Å². The van der Waals surface area contributed by atoms with E-state index in [4.69, 9.17) is 9.84 Å². The predicted octanol–water partition coefficient (Wildman–Crippen LogP) is -0.160. The van der Waals surface area contributed by atoms with E-state index in [0.717, 1.165) is 19.8 Å². The van der Waals surface area contributed by atoms with E-state index >= 15 is 0 Å². The molecule has 0 aromatic carbocycles. The molecular weight excluding hydrogens is 146 g/mol. The maximum atomic E-state index is 10.1. The molecule has 2 N–H and O–H groups in total. The van der Waals surface area contributed by atoms with Gasteiger partial charge in [0.15, 0.2) is 0 Å². The van der Waals surface area contributed by atoms with E-state index in [0.29, 0.717) is 12.5 Å². The summed E-state index contributed by atoms with van der Waals surface area (Å²) in [6.45, 7) is 2.32. The van der Waals surface area contributed by atoms with Gasteiger partial charge >= 0.3 is 5.97 Å². The largest absolute Gasteiger partial charge is 0.481 e. The highest BCUT2D eigenvalue weighted by Crippen LogP contribution is 1.99. The van der Waals surface area contributed by atoms with Gasteiger partial charge in [0.2, 0.25) is 0 Å². The number of ether oxygens (including phenoxy) is 1. The van der Waals surface area contributed by atoms with Gasteiger partial charge in [-0.2, -0.15) is 0 Å². The molecular formula is C7H13NO3. The van der Waals surface area contributed by atoms with Gasteiger partial charge in [-0.1, -0.05) is 0 Å². The highest BCUT2D eigenvalue weighted by molar-refractivity contribution is 5.66. The fourth-order valence-electron chi connectivity index (χ4n) is 0.899. The van der Waals surface area contributed by atoms with Gasteiger partial charge in [0.05, 0.1) is 19.3 Å². The molecule has 0 atom stereocenters. The van der Waals surface area contributed by atoms with Gasteiger partial charge in [-0.05, 0) is 13.0 Å². The van der Waals surface area contributed by atoms with Gasteiger partial charge in [0.25, 0.3) is 0 Å². The predicted molar refractivity (Wildman–Crippen MR) is 39.5 cm³/mol. The Morgan fingerprint density at radius 2 is 2.36 bits per heavy atom. The molecule has 0 saturated carbocycles. The van der Waals surface area contributed by atoms with Gasteiger partial charge in [0.1, 0.15) is 0 Å². The van der Waals surface area contributed by atoms with Crippen LogP contribution in [0.15, 0.2) is 0 Å². The van der Waals surface area contributed by atoms with Crippen molar-refractivity contribution in [3.63, 3.8) is 0 Å². The van der Waals surface area contributed by atoms with E-state index in [1.165, 1.54) is 0 Å². The number of carbonyl (C=O) groups is 1. The average Bonchev–Trinajstić information content (AvgIpc) is 1.82. The first-order valence-electron chi connectivity index (χ1n) is 3.82. The van der Waals surface area contributed by atoms with Crippen LogP contribution in [-0.2, 0) is 9.53 Å². The molecule has 0 spiro atoms. The summed E-state index contributed by atoms with van der Waals surface area (Å²) < 4.78 is 4.93. The van der Waals surface area contributed by atoms with Crippen molar-refractivity contribution in [1.29, 1.82) is 0 Å². The smallest absolute Gasteiger partial charge is 0.303 e. The van der Waals surface area contributed by atoms with Crippen LogP contribution in [0.4, 0.5) is 0 Å². The maximum Gasteiger partial charge on any atom is 0.303 e. The summed E-state index contributed by atoms with van der Waals surface area (Å²) in [7, 11) is 0. The first kappa shape index (κ1) is 8.49. The Labute approximate surface area is 65.5 Å². The van der Waals surface area contributed by atoms with Crippen LogP contribution in [0.5, 0.6) is 0 Å². The third-order valence-corrected chi connectivity index (χ3v) is 1.64. The lowest BCUT2D eigenvalue weighted by atomic mass is 10.2. The Hall–Kier alpha value is -0.610. The molecule has 0 unspecified atom stereocenters. The number of aliphatic carboxylic acids is 1. The minimum atomic E-state index is -0.725. The van der Waals surface area contributed by atoms with Gasteiger partial charge in [-0.15, -0.1) is 0 Å². The van der Waals surface area contributed by atoms with Crippen molar-refractivity contribution in [2.75, 3.05) is 19.8 Å². The Kier molecular flexibility index (Phi) is 3.32. The number of nitrogens with one attached hydrogen (secondary N) is 1. The summed E-state index contributed by atoms with van der Waals surface area (Å²) in [5.41, 5.74) is 0. The fourth-order valence-corrected chi connectivity index (χ4v) is 0.899. The molecule has 0 bridgehead atoms. The van der Waals surface area contributed by atoms with E-state index in [9.17, 15) is 4.79 Å². The maximum absolute atomic E-state index is 10.1. The molecule has 0 amide bonds. The standard InChI is InChI=1S/C7H13NO3/c9-7(10)2-1-3-8-6-4-11-5-6/h6,8H,1-5H2,(H,9,10). The van der Waals surface area contributed by atoms with Crippen molar-refractivity contribution in [1.82, 2.24) is 5.32 Å². The number of hydrogen-bond donors (Lipinski definition) is 2. The Bertz CT molecular complexity index is 134. The SMILES string of the molecule is O=C(O)CCCNC1COC1. The Morgan fingerprint density at radius 1 is 1.64 bits per heavy atom. The van der Waals surface area contributed by atoms with E-state index in [1.54, 1.807) is 0 Å². The minimum absolute atomic E-state index is 0.251. The van der Waals surface area contributed by atoms with E-state index in [1.807, 2.05) is 0 Å². The van der Waals surface area contributed by atoms with Crippen molar-refractivity contribution in [2.24, 2.45) is 0 Å². The lowest BCUT2D eigenvalue weighted by Crippen LogP contribution is -2.46. The molecule has 0 radical (unpaired) electrons. The normalized spacial score (nSPS) is 17.8. The monoisotopic (exact) mass is 159 g/mol. The number of rotatable bonds is 5. The highest BCUT2D eigenvalue weighted by Gasteiger charge is 2.16. The first-order chi connectivity index (χ1) is 5.29. The lowest BCUT2D eigenvalue weighted by Gasteiger charge is -2.26. The second kappa shape index (κ2) is 4.31. The van der Waals surface area contributed by atoms with E-state index in [2.05, 4.69) is 5.32 Å². The Balaban J connectivity index is 1.83. The molecule has 1 rings (SSSR count). The lowest BCUT2D eigenvalue weighted by molar-refractivity contribution is -0.137. The molecule has 4 nitrogen and oxygen atoms in total. The summed E-state index contributed by atoms with van der Waals surface area (Å²) >= 11 is 0. The summed E-state index contributed by atoms with van der Waals surface area (Å²) in [4.78, 5) is 10.1. The van der Waals surface area contributed by atoms with Crippen LogP contribution in [0.3, 0.4) is 0 Å². The third kappa shape index (κ3) is 3.34. The zero-order chi connectivity index (χ0) is 8.10. The van der Waals surface area contributed by atoms with E-state index in [-0.39, 0.29) is 6.42 Å². The zero-order valence-corrected chi connectivity index (χ0v) is 6.38. The molecule has 1 aliphatic rings. The fraction of sp³-hybridized carbons (Fsp3) is 0.857. The molecule has 11 heavy (non-hydrogen) atoms. The second-order valence-electron chi connectivity index (χ2n) is 2.69. The van der Waals surface area contributed by atoms with Gasteiger partial charge < -0.3 is 15.2 Å². The van der Waals surface area contributed by atoms with Crippen LogP contribution in [0.2, 0.25) is 0 Å². The average molecular weight is 159 g/mol. The van der Waals surface area contributed by atoms with Crippen LogP contribution in [0, 0.1) is 0 Å². The van der Waals surface area contributed by atoms with Crippen LogP contribution >= 0.6 is 0 Å². The van der Waals surface area contributed by atoms with Gasteiger partial charge in [-0.25, -0.2) is 0 Å². The first-order valence-corrected chi connectivity index (χ1v) is 3.82. The number of hydrogen-bond acceptors (Lipinski definition) is 3. The molecule has 1 aliphatic heterocycles. The quantitative estimate of drug-likeness (QED) is 0.547. The number of carboxylic acids is 1. The van der Waals surface area contributed by atoms with E-state index < -0.39 is 5.97 Å². The van der Waals surface area contributed by atoms with Crippen molar-refractivity contribution in [3.05, 3.63) is 0 Å².